The van der Waals surface area contributed by atoms with Gasteiger partial charge >= 0.3 is 12.1 Å². The van der Waals surface area contributed by atoms with E-state index < -0.39 is 77.6 Å². The second kappa shape index (κ2) is 17.4. The lowest BCUT2D eigenvalue weighted by Crippen LogP contribution is -2.63. The number of nitrogens with one attached hydrogen (secondary N) is 1. The van der Waals surface area contributed by atoms with Gasteiger partial charge in [-0.1, -0.05) is 42.3 Å². The van der Waals surface area contributed by atoms with E-state index in [0.29, 0.717) is 30.0 Å². The zero-order valence-electron chi connectivity index (χ0n) is 31.8. The first kappa shape index (κ1) is 42.4. The number of esters is 1. The van der Waals surface area contributed by atoms with Gasteiger partial charge in [-0.15, -0.1) is 0 Å². The van der Waals surface area contributed by atoms with E-state index >= 15 is 0 Å². The van der Waals surface area contributed by atoms with Crippen molar-refractivity contribution in [1.82, 2.24) is 10.2 Å². The highest BCUT2D eigenvalue weighted by Crippen LogP contribution is 2.49. The summed E-state index contributed by atoms with van der Waals surface area (Å²) >= 11 is 8.31. The molecule has 3 amide bonds. The van der Waals surface area contributed by atoms with Crippen LogP contribution < -0.4 is 20.7 Å². The molecule has 4 bridgehead atoms. The van der Waals surface area contributed by atoms with Gasteiger partial charge < -0.3 is 44.3 Å². The van der Waals surface area contributed by atoms with Crippen molar-refractivity contribution in [3.8, 4) is 5.75 Å². The largest absolute Gasteiger partial charge is 0.495 e. The van der Waals surface area contributed by atoms with Crippen LogP contribution >= 0.6 is 23.4 Å². The number of thioether (sulfide) groups is 1. The first-order chi connectivity index (χ1) is 24.9. The zero-order chi connectivity index (χ0) is 39.4. The second-order valence-corrected chi connectivity index (χ2v) is 15.6. The molecule has 0 saturated carbocycles. The molecule has 9 atom stereocenters. The molecular weight excluding hydrogens is 728 g/mol. The Kier molecular flexibility index (Phi) is 13.9. The normalized spacial score (nSPS) is 31.8. The highest BCUT2D eigenvalue weighted by atomic mass is 35.5. The van der Waals surface area contributed by atoms with Crippen LogP contribution in [0.15, 0.2) is 35.9 Å². The van der Waals surface area contributed by atoms with Crippen molar-refractivity contribution in [2.45, 2.75) is 101 Å². The van der Waals surface area contributed by atoms with Crippen LogP contribution in [-0.4, -0.2) is 122 Å². The minimum absolute atomic E-state index is 0.0572. The van der Waals surface area contributed by atoms with Crippen molar-refractivity contribution in [2.75, 3.05) is 45.2 Å². The molecule has 294 valence electrons. The molecule has 4 N–H and O–H groups in total. The van der Waals surface area contributed by atoms with Gasteiger partial charge in [-0.05, 0) is 63.3 Å². The molecule has 1 aromatic carbocycles. The number of hydrogen-bond acceptors (Lipinski definition) is 12. The number of rotatable bonds is 9. The number of hydrogen-bond donors (Lipinski definition) is 3. The molecule has 3 aliphatic rings. The summed E-state index contributed by atoms with van der Waals surface area (Å²) in [6, 6.07) is 1.73. The Bertz CT molecular complexity index is 1610. The standard InChI is InChI=1S/C37H53ClN4O10S/c1-20-11-10-12-28(49-8)37(47)19-27(50-35(46)40-37)21(2)32-36(4,52-32)29(51-34(45)22(3)41(5)33(44)24(39)13-14-53-9)18-30(43)42(6)25-16-23(15-20)17-26(48-7)31(25)38/h10-12,16-17,21-22,24,27-29,32,47H,13-15,18-19,39H2,1-9H3,(H,40,46)/b12-10+,20-11+/t21?,22-,24?,27?,28?,29?,32?,36?,37?/m0/s1. The lowest BCUT2D eigenvalue weighted by Gasteiger charge is -2.42. The minimum atomic E-state index is -1.83. The van der Waals surface area contributed by atoms with Crippen LogP contribution in [0.3, 0.4) is 0 Å². The van der Waals surface area contributed by atoms with Crippen LogP contribution in [0.25, 0.3) is 0 Å². The summed E-state index contributed by atoms with van der Waals surface area (Å²) in [7, 11) is 5.96. The number of carbonyl (C=O) groups is 4. The quantitative estimate of drug-likeness (QED) is 0.245. The predicted molar refractivity (Wildman–Crippen MR) is 202 cm³/mol. The van der Waals surface area contributed by atoms with E-state index in [9.17, 15) is 24.3 Å². The summed E-state index contributed by atoms with van der Waals surface area (Å²) < 4.78 is 29.2. The SMILES string of the molecule is COc1cc2cc(c1Cl)N(C)C(=O)CC(OC(=O)[C@H](C)N(C)C(=O)C(N)CCSC)C1(C)OC1C(C)C1CC(O)(NC(=O)O1)C(OC)/C=C/C=C(\C)C2. The van der Waals surface area contributed by atoms with Crippen LogP contribution in [0.1, 0.15) is 52.5 Å². The molecule has 8 unspecified atom stereocenters. The molecule has 0 aromatic heterocycles. The summed E-state index contributed by atoms with van der Waals surface area (Å²) in [5, 5.41) is 14.5. The number of nitrogens with zero attached hydrogens (tertiary/aromatic N) is 2. The highest BCUT2D eigenvalue weighted by Gasteiger charge is 2.64. The molecular formula is C37H53ClN4O10S. The predicted octanol–water partition coefficient (Wildman–Crippen LogP) is 3.59. The Morgan fingerprint density at radius 3 is 2.62 bits per heavy atom. The summed E-state index contributed by atoms with van der Waals surface area (Å²) in [6.07, 6.45) is 3.20. The van der Waals surface area contributed by atoms with Crippen molar-refractivity contribution in [2.24, 2.45) is 11.7 Å². The number of ether oxygens (including phenoxy) is 5. The third kappa shape index (κ3) is 9.49. The minimum Gasteiger partial charge on any atom is -0.495 e. The molecule has 3 aliphatic heterocycles. The van der Waals surface area contributed by atoms with E-state index in [-0.39, 0.29) is 17.9 Å². The number of aliphatic hydroxyl groups is 1. The number of allylic oxidation sites excluding steroid dienone is 3. The van der Waals surface area contributed by atoms with Gasteiger partial charge in [0.1, 0.15) is 40.7 Å². The van der Waals surface area contributed by atoms with E-state index in [0.717, 1.165) is 11.1 Å². The molecule has 53 heavy (non-hydrogen) atoms. The fourth-order valence-corrected chi connectivity index (χ4v) is 7.63. The van der Waals surface area contributed by atoms with Crippen molar-refractivity contribution in [3.05, 3.63) is 46.5 Å². The topological polar surface area (TPSA) is 182 Å². The molecule has 14 nitrogen and oxygen atoms in total. The first-order valence-corrected chi connectivity index (χ1v) is 19.3. The van der Waals surface area contributed by atoms with Gasteiger partial charge in [0.25, 0.3) is 0 Å². The first-order valence-electron chi connectivity index (χ1n) is 17.5. The molecule has 0 radical (unpaired) electrons. The average molecular weight is 781 g/mol. The van der Waals surface area contributed by atoms with E-state index in [1.54, 1.807) is 56.9 Å². The molecule has 16 heteroatoms. The number of fused-ring (bicyclic) bond motifs is 5. The molecule has 4 rings (SSSR count). The van der Waals surface area contributed by atoms with Gasteiger partial charge in [-0.2, -0.15) is 11.8 Å². The van der Waals surface area contributed by atoms with E-state index in [4.69, 9.17) is 41.0 Å². The third-order valence-corrected chi connectivity index (χ3v) is 11.5. The average Bonchev–Trinajstić information content (AvgIpc) is 3.82. The zero-order valence-corrected chi connectivity index (χ0v) is 33.4. The lowest BCUT2D eigenvalue weighted by atomic mass is 9.83. The molecule has 2 saturated heterocycles. The van der Waals surface area contributed by atoms with Crippen LogP contribution in [0.2, 0.25) is 5.02 Å². The van der Waals surface area contributed by atoms with Crippen LogP contribution in [-0.2, 0) is 39.8 Å². The Morgan fingerprint density at radius 1 is 1.28 bits per heavy atom. The Hall–Kier alpha value is -3.34. The van der Waals surface area contributed by atoms with Crippen LogP contribution in [0.4, 0.5) is 10.5 Å². The summed E-state index contributed by atoms with van der Waals surface area (Å²) in [4.78, 5) is 56.4. The number of alkyl carbamates (subject to hydrolysis) is 1. The number of benzene rings is 1. The third-order valence-electron chi connectivity index (χ3n) is 10.4. The van der Waals surface area contributed by atoms with Crippen molar-refractivity contribution in [3.63, 3.8) is 0 Å². The summed E-state index contributed by atoms with van der Waals surface area (Å²) in [5.41, 5.74) is 5.17. The Balaban J connectivity index is 1.75. The van der Waals surface area contributed by atoms with Crippen LogP contribution in [0.5, 0.6) is 5.75 Å². The molecule has 3 heterocycles. The molecule has 2 fully saturated rings. The van der Waals surface area contributed by atoms with E-state index in [1.165, 1.54) is 38.0 Å². The maximum Gasteiger partial charge on any atom is 0.409 e. The number of likely N-dealkylation sites (N-methyl/N-ethyl adjacent to an activating group) is 1. The van der Waals surface area contributed by atoms with E-state index in [2.05, 4.69) is 5.32 Å². The number of carbonyl (C=O) groups excluding carboxylic acids is 4. The lowest BCUT2D eigenvalue weighted by molar-refractivity contribution is -0.162. The maximum absolute atomic E-state index is 14.1. The molecule has 0 aliphatic carbocycles. The maximum atomic E-state index is 14.1. The number of amides is 3. The fraction of sp³-hybridized carbons (Fsp3) is 0.622. The van der Waals surface area contributed by atoms with Gasteiger partial charge in [0, 0.05) is 33.5 Å². The monoisotopic (exact) mass is 780 g/mol. The van der Waals surface area contributed by atoms with Crippen molar-refractivity contribution >= 4 is 52.9 Å². The summed E-state index contributed by atoms with van der Waals surface area (Å²) in [5.74, 6) is -1.12. The van der Waals surface area contributed by atoms with Gasteiger partial charge in [-0.3, -0.25) is 14.9 Å². The highest BCUT2D eigenvalue weighted by molar-refractivity contribution is 7.98. The van der Waals surface area contributed by atoms with Gasteiger partial charge in [0.15, 0.2) is 5.72 Å². The molecule has 1 aromatic rings. The second-order valence-electron chi connectivity index (χ2n) is 14.2. The van der Waals surface area contributed by atoms with E-state index in [1.807, 2.05) is 19.3 Å². The number of halogens is 1. The van der Waals surface area contributed by atoms with Crippen molar-refractivity contribution in [1.29, 1.82) is 0 Å². The van der Waals surface area contributed by atoms with Crippen LogP contribution in [0, 0.1) is 5.92 Å². The van der Waals surface area contributed by atoms with Gasteiger partial charge in [0.2, 0.25) is 11.8 Å². The number of anilines is 1. The fourth-order valence-electron chi connectivity index (χ4n) is 6.82. The van der Waals surface area contributed by atoms with Gasteiger partial charge in [0.05, 0.1) is 31.4 Å². The number of nitrogens with two attached hydrogens (primary N) is 1. The number of epoxide rings is 1. The number of methoxy groups -OCH3 is 2. The Labute approximate surface area is 320 Å². The van der Waals surface area contributed by atoms with Gasteiger partial charge in [-0.25, -0.2) is 9.59 Å². The molecule has 0 spiro atoms. The Morgan fingerprint density at radius 2 is 1.98 bits per heavy atom. The van der Waals surface area contributed by atoms with Crippen molar-refractivity contribution < 1.29 is 48.0 Å². The summed E-state index contributed by atoms with van der Waals surface area (Å²) in [6.45, 7) is 6.95. The smallest absolute Gasteiger partial charge is 0.409 e.